The summed E-state index contributed by atoms with van der Waals surface area (Å²) in [5.41, 5.74) is 2.25. The fourth-order valence-corrected chi connectivity index (χ4v) is 3.70. The zero-order chi connectivity index (χ0) is 20.8. The lowest BCUT2D eigenvalue weighted by Crippen LogP contribution is -2.46. The molecule has 2 N–H and O–H groups in total. The topological polar surface area (TPSA) is 76.4 Å². The molecule has 4 rings (SSSR count). The largest absolute Gasteiger partial charge is 0.487 e. The van der Waals surface area contributed by atoms with E-state index in [-0.39, 0.29) is 30.0 Å². The van der Waals surface area contributed by atoms with Gasteiger partial charge in [-0.05, 0) is 29.7 Å². The average Bonchev–Trinajstić information content (AvgIpc) is 3.24. The highest BCUT2D eigenvalue weighted by Crippen LogP contribution is 2.24. The van der Waals surface area contributed by atoms with Crippen LogP contribution in [0.4, 0.5) is 0 Å². The van der Waals surface area contributed by atoms with Crippen molar-refractivity contribution >= 4 is 41.5 Å². The lowest BCUT2D eigenvalue weighted by molar-refractivity contribution is 0.305. The Hall–Kier alpha value is -2.33. The number of aromatic nitrogens is 3. The summed E-state index contributed by atoms with van der Waals surface area (Å²) in [5.74, 6) is 2.50. The normalized spacial score (nSPS) is 15.5. The van der Waals surface area contributed by atoms with E-state index in [1.807, 2.05) is 41.1 Å². The Balaban J connectivity index is 0.00000272. The maximum absolute atomic E-state index is 6.20. The Morgan fingerprint density at radius 3 is 2.77 bits per heavy atom. The van der Waals surface area contributed by atoms with Gasteiger partial charge in [0.25, 0.3) is 0 Å². The molecule has 31 heavy (non-hydrogen) atoms. The van der Waals surface area contributed by atoms with Gasteiger partial charge in [-0.3, -0.25) is 4.99 Å². The first kappa shape index (κ1) is 23.3. The van der Waals surface area contributed by atoms with E-state index < -0.39 is 0 Å². The molecule has 9 heteroatoms. The van der Waals surface area contributed by atoms with Crippen LogP contribution in [0.15, 0.2) is 59.9 Å². The molecule has 164 valence electrons. The van der Waals surface area contributed by atoms with E-state index in [0.29, 0.717) is 23.9 Å². The van der Waals surface area contributed by atoms with Crippen molar-refractivity contribution < 1.29 is 4.74 Å². The molecular weight excluding hydrogens is 527 g/mol. The number of fused-ring (bicyclic) bond motifs is 1. The molecule has 2 aromatic carbocycles. The van der Waals surface area contributed by atoms with Gasteiger partial charge in [-0.25, -0.2) is 9.67 Å². The van der Waals surface area contributed by atoms with Gasteiger partial charge < -0.3 is 15.4 Å². The van der Waals surface area contributed by atoms with Crippen LogP contribution in [0.2, 0.25) is 5.02 Å². The van der Waals surface area contributed by atoms with Gasteiger partial charge in [-0.15, -0.1) is 24.0 Å². The number of aryl methyl sites for hydroxylation is 1. The predicted octanol–water partition coefficient (Wildman–Crippen LogP) is 3.81. The summed E-state index contributed by atoms with van der Waals surface area (Å²) in [7, 11) is 1.78. The lowest BCUT2D eigenvalue weighted by atomic mass is 10.1. The zero-order valence-electron chi connectivity index (χ0n) is 17.3. The number of ether oxygens (including phenoxy) is 1. The van der Waals surface area contributed by atoms with Crippen molar-refractivity contribution in [2.45, 2.75) is 38.6 Å². The number of rotatable bonds is 6. The van der Waals surface area contributed by atoms with Crippen LogP contribution < -0.4 is 15.4 Å². The van der Waals surface area contributed by atoms with E-state index >= 15 is 0 Å². The molecule has 1 unspecified atom stereocenters. The first-order valence-corrected chi connectivity index (χ1v) is 10.4. The molecular formula is C22H26ClIN6O. The second kappa shape index (κ2) is 11.3. The summed E-state index contributed by atoms with van der Waals surface area (Å²) >= 11 is 6.20. The highest BCUT2D eigenvalue weighted by molar-refractivity contribution is 14.0. The molecule has 0 spiro atoms. The first-order chi connectivity index (χ1) is 14.7. The number of halogens is 2. The first-order valence-electron chi connectivity index (χ1n) is 10.0. The summed E-state index contributed by atoms with van der Waals surface area (Å²) in [6.45, 7) is 1.88. The van der Waals surface area contributed by atoms with E-state index in [1.54, 1.807) is 13.4 Å². The second-order valence-corrected chi connectivity index (χ2v) is 7.56. The predicted molar refractivity (Wildman–Crippen MR) is 133 cm³/mol. The van der Waals surface area contributed by atoms with E-state index in [1.165, 1.54) is 0 Å². The summed E-state index contributed by atoms with van der Waals surface area (Å²) in [6.07, 6.45) is 3.53. The molecule has 1 atom stereocenters. The standard InChI is InChI=1S/C22H25ClN6O.HI/c1-24-22(28-18-10-11-21-26-15-27-29(21)13-18)25-12-16-6-2-3-7-17(16)14-30-20-9-5-4-8-19(20)23;/h2-9,15,18H,10-14H2,1H3,(H2,24,25,28);1H. The van der Waals surface area contributed by atoms with Crippen molar-refractivity contribution in [2.24, 2.45) is 4.99 Å². The minimum Gasteiger partial charge on any atom is -0.487 e. The van der Waals surface area contributed by atoms with Gasteiger partial charge in [0.05, 0.1) is 11.6 Å². The fraction of sp³-hybridized carbons (Fsp3) is 0.318. The molecule has 0 aliphatic carbocycles. The molecule has 2 heterocycles. The van der Waals surface area contributed by atoms with Gasteiger partial charge >= 0.3 is 0 Å². The van der Waals surface area contributed by atoms with E-state index in [9.17, 15) is 0 Å². The third-order valence-electron chi connectivity index (χ3n) is 5.15. The Morgan fingerprint density at radius 1 is 1.19 bits per heavy atom. The summed E-state index contributed by atoms with van der Waals surface area (Å²) in [4.78, 5) is 8.66. The van der Waals surface area contributed by atoms with Crippen molar-refractivity contribution in [3.05, 3.63) is 76.8 Å². The molecule has 1 aromatic heterocycles. The Morgan fingerprint density at radius 2 is 1.97 bits per heavy atom. The quantitative estimate of drug-likeness (QED) is 0.276. The van der Waals surface area contributed by atoms with Gasteiger partial charge in [0.15, 0.2) is 5.96 Å². The monoisotopic (exact) mass is 552 g/mol. The van der Waals surface area contributed by atoms with Crippen LogP contribution in [-0.4, -0.2) is 33.8 Å². The van der Waals surface area contributed by atoms with Crippen LogP contribution >= 0.6 is 35.6 Å². The molecule has 7 nitrogen and oxygen atoms in total. The SMILES string of the molecule is CN=C(NCc1ccccc1COc1ccccc1Cl)NC1CCc2ncnn2C1.I. The molecule has 0 fully saturated rings. The molecule has 0 bridgehead atoms. The van der Waals surface area contributed by atoms with Gasteiger partial charge in [-0.2, -0.15) is 5.10 Å². The number of hydrogen-bond donors (Lipinski definition) is 2. The summed E-state index contributed by atoms with van der Waals surface area (Å²) in [5, 5.41) is 11.8. The number of para-hydroxylation sites is 1. The van der Waals surface area contributed by atoms with Gasteiger partial charge in [0, 0.05) is 26.1 Å². The van der Waals surface area contributed by atoms with Crippen LogP contribution in [0.3, 0.4) is 0 Å². The molecule has 1 aliphatic rings. The van der Waals surface area contributed by atoms with Crippen molar-refractivity contribution in [3.63, 3.8) is 0 Å². The van der Waals surface area contributed by atoms with Crippen LogP contribution in [0.25, 0.3) is 0 Å². The number of benzene rings is 2. The molecule has 3 aromatic rings. The second-order valence-electron chi connectivity index (χ2n) is 7.15. The molecule has 0 saturated carbocycles. The minimum atomic E-state index is 0. The zero-order valence-corrected chi connectivity index (χ0v) is 20.4. The maximum Gasteiger partial charge on any atom is 0.191 e. The molecule has 0 radical (unpaired) electrons. The summed E-state index contributed by atoms with van der Waals surface area (Å²) in [6, 6.07) is 16.0. The molecule has 0 amide bonds. The van der Waals surface area contributed by atoms with Crippen molar-refractivity contribution in [1.82, 2.24) is 25.4 Å². The average molecular weight is 553 g/mol. The van der Waals surface area contributed by atoms with Crippen molar-refractivity contribution in [3.8, 4) is 5.75 Å². The van der Waals surface area contributed by atoms with Crippen molar-refractivity contribution in [1.29, 1.82) is 0 Å². The Kier molecular flexibility index (Phi) is 8.53. The highest BCUT2D eigenvalue weighted by atomic mass is 127. The van der Waals surface area contributed by atoms with Crippen LogP contribution in [0.5, 0.6) is 5.75 Å². The molecule has 0 saturated heterocycles. The Bertz CT molecular complexity index is 1020. The maximum atomic E-state index is 6.20. The number of hydrogen-bond acceptors (Lipinski definition) is 4. The van der Waals surface area contributed by atoms with Crippen LogP contribution in [0.1, 0.15) is 23.4 Å². The van der Waals surface area contributed by atoms with E-state index in [0.717, 1.165) is 42.3 Å². The number of aliphatic imine (C=N–C) groups is 1. The number of nitrogens with one attached hydrogen (secondary N) is 2. The van der Waals surface area contributed by atoms with E-state index in [4.69, 9.17) is 16.3 Å². The Labute approximate surface area is 204 Å². The minimum absolute atomic E-state index is 0. The van der Waals surface area contributed by atoms with Crippen LogP contribution in [-0.2, 0) is 26.1 Å². The van der Waals surface area contributed by atoms with Gasteiger partial charge in [-0.1, -0.05) is 48.0 Å². The number of guanidine groups is 1. The fourth-order valence-electron chi connectivity index (χ4n) is 3.51. The highest BCUT2D eigenvalue weighted by Gasteiger charge is 2.20. The van der Waals surface area contributed by atoms with Gasteiger partial charge in [0.2, 0.25) is 0 Å². The van der Waals surface area contributed by atoms with Crippen LogP contribution in [0, 0.1) is 0 Å². The molecule has 1 aliphatic heterocycles. The number of nitrogens with zero attached hydrogens (tertiary/aromatic N) is 4. The third-order valence-corrected chi connectivity index (χ3v) is 5.47. The van der Waals surface area contributed by atoms with Gasteiger partial charge in [0.1, 0.15) is 24.5 Å². The summed E-state index contributed by atoms with van der Waals surface area (Å²) < 4.78 is 7.88. The van der Waals surface area contributed by atoms with Crippen molar-refractivity contribution in [2.75, 3.05) is 7.05 Å². The van der Waals surface area contributed by atoms with E-state index in [2.05, 4.69) is 37.8 Å². The smallest absolute Gasteiger partial charge is 0.191 e. The lowest BCUT2D eigenvalue weighted by Gasteiger charge is -2.25. The third kappa shape index (κ3) is 6.10.